The molecule has 5 heteroatoms. The van der Waals surface area contributed by atoms with E-state index in [1.165, 1.54) is 11.5 Å². The summed E-state index contributed by atoms with van der Waals surface area (Å²) in [7, 11) is 0. The molecule has 1 aromatic heterocycles. The Morgan fingerprint density at radius 2 is 2.44 bits per heavy atom. The smallest absolute Gasteiger partial charge is 0.120 e. The predicted molar refractivity (Wildman–Crippen MR) is 60.6 cm³/mol. The molecule has 0 N–H and O–H groups in total. The Balaban J connectivity index is 1.76. The molecule has 1 aliphatic rings. The zero-order valence-electron chi connectivity index (χ0n) is 8.50. The van der Waals surface area contributed by atoms with Crippen molar-refractivity contribution in [2.24, 2.45) is 0 Å². The minimum absolute atomic E-state index is 0.286. The predicted octanol–water partition coefficient (Wildman–Crippen LogP) is 1.98. The van der Waals surface area contributed by atoms with Crippen molar-refractivity contribution < 1.29 is 9.47 Å². The van der Waals surface area contributed by atoms with Crippen molar-refractivity contribution in [3.05, 3.63) is 30.5 Å². The Kier molecular flexibility index (Phi) is 2.55. The van der Waals surface area contributed by atoms with E-state index in [-0.39, 0.29) is 6.10 Å². The molecule has 3 rings (SSSR count). The van der Waals surface area contributed by atoms with Crippen molar-refractivity contribution >= 4 is 11.5 Å². The lowest BCUT2D eigenvalue weighted by atomic mass is 10.2. The van der Waals surface area contributed by atoms with Crippen LogP contribution in [0, 0.1) is 0 Å². The zero-order chi connectivity index (χ0) is 10.8. The second-order valence-corrected chi connectivity index (χ2v) is 4.36. The first kappa shape index (κ1) is 9.74. The van der Waals surface area contributed by atoms with E-state index in [0.717, 1.165) is 22.8 Å². The van der Waals surface area contributed by atoms with Crippen LogP contribution in [0.4, 0.5) is 0 Å². The number of nitrogens with zero attached hydrogens (tertiary/aromatic N) is 2. The van der Waals surface area contributed by atoms with E-state index in [2.05, 4.69) is 9.59 Å². The van der Waals surface area contributed by atoms with Crippen LogP contribution in [0.25, 0.3) is 10.4 Å². The molecule has 1 fully saturated rings. The summed E-state index contributed by atoms with van der Waals surface area (Å²) in [5.74, 6) is 0.862. The molecule has 0 radical (unpaired) electrons. The molecule has 0 spiro atoms. The van der Waals surface area contributed by atoms with Gasteiger partial charge in [-0.15, -0.1) is 5.10 Å². The molecule has 0 saturated carbocycles. The summed E-state index contributed by atoms with van der Waals surface area (Å²) in [6, 6.07) is 7.94. The zero-order valence-corrected chi connectivity index (χ0v) is 9.31. The van der Waals surface area contributed by atoms with Gasteiger partial charge in [0.05, 0.1) is 17.7 Å². The van der Waals surface area contributed by atoms with Crippen molar-refractivity contribution in [1.29, 1.82) is 0 Å². The number of hydrogen-bond acceptors (Lipinski definition) is 5. The first-order valence-electron chi connectivity index (χ1n) is 5.04. The quantitative estimate of drug-likeness (QED) is 0.759. The lowest BCUT2D eigenvalue weighted by molar-refractivity contribution is 0.263. The summed E-state index contributed by atoms with van der Waals surface area (Å²) in [5, 5.41) is 3.82. The summed E-state index contributed by atoms with van der Waals surface area (Å²) < 4.78 is 14.5. The monoisotopic (exact) mass is 234 g/mol. The average Bonchev–Trinajstić information content (AvgIpc) is 2.99. The number of aromatic nitrogens is 2. The van der Waals surface area contributed by atoms with E-state index in [0.29, 0.717) is 6.61 Å². The van der Waals surface area contributed by atoms with Gasteiger partial charge >= 0.3 is 0 Å². The van der Waals surface area contributed by atoms with Gasteiger partial charge in [-0.1, -0.05) is 16.6 Å². The molecular formula is C11H10N2O2S. The minimum Gasteiger partial charge on any atom is -0.491 e. The number of hydrogen-bond donors (Lipinski definition) is 0. The van der Waals surface area contributed by atoms with Gasteiger partial charge in [-0.25, -0.2) is 0 Å². The van der Waals surface area contributed by atoms with Gasteiger partial charge in [0.15, 0.2) is 0 Å². The van der Waals surface area contributed by atoms with Crippen LogP contribution in [0.5, 0.6) is 5.75 Å². The van der Waals surface area contributed by atoms with Crippen LogP contribution in [0.1, 0.15) is 0 Å². The molecule has 2 aromatic rings. The molecule has 1 aliphatic heterocycles. The molecule has 1 aromatic carbocycles. The second kappa shape index (κ2) is 4.19. The normalized spacial score (nSPS) is 18.4. The van der Waals surface area contributed by atoms with E-state index in [4.69, 9.17) is 9.47 Å². The maximum atomic E-state index is 5.61. The molecule has 2 heterocycles. The van der Waals surface area contributed by atoms with Crippen molar-refractivity contribution in [3.8, 4) is 16.2 Å². The molecule has 1 atom stereocenters. The highest BCUT2D eigenvalue weighted by molar-refractivity contribution is 7.09. The molecule has 0 aliphatic carbocycles. The standard InChI is InChI=1S/C11H10N2O2S/c1-2-8(11-5-12-13-16-11)4-9(3-1)14-6-10-7-15-10/h1-5,10H,6-7H2. The maximum absolute atomic E-state index is 5.61. The Bertz CT molecular complexity index is 469. The molecule has 82 valence electrons. The van der Waals surface area contributed by atoms with Crippen molar-refractivity contribution in [2.75, 3.05) is 13.2 Å². The van der Waals surface area contributed by atoms with Gasteiger partial charge in [-0.2, -0.15) is 0 Å². The summed E-state index contributed by atoms with van der Waals surface area (Å²) in [6.45, 7) is 1.45. The van der Waals surface area contributed by atoms with Crippen LogP contribution in [0.3, 0.4) is 0 Å². The Morgan fingerprint density at radius 1 is 1.50 bits per heavy atom. The van der Waals surface area contributed by atoms with Crippen LogP contribution >= 0.6 is 11.5 Å². The van der Waals surface area contributed by atoms with Gasteiger partial charge in [0, 0.05) is 0 Å². The lowest BCUT2D eigenvalue weighted by Gasteiger charge is -2.05. The van der Waals surface area contributed by atoms with Crippen molar-refractivity contribution in [2.45, 2.75) is 6.10 Å². The van der Waals surface area contributed by atoms with Crippen LogP contribution in [0.2, 0.25) is 0 Å². The Hall–Kier alpha value is -1.46. The highest BCUT2D eigenvalue weighted by atomic mass is 32.1. The van der Waals surface area contributed by atoms with Crippen LogP contribution in [-0.2, 0) is 4.74 Å². The van der Waals surface area contributed by atoms with Gasteiger partial charge in [-0.05, 0) is 29.2 Å². The third kappa shape index (κ3) is 2.20. The number of epoxide rings is 1. The minimum atomic E-state index is 0.286. The maximum Gasteiger partial charge on any atom is 0.120 e. The third-order valence-corrected chi connectivity index (χ3v) is 3.03. The van der Waals surface area contributed by atoms with Gasteiger partial charge in [0.2, 0.25) is 0 Å². The Morgan fingerprint density at radius 3 is 3.19 bits per heavy atom. The first-order valence-corrected chi connectivity index (χ1v) is 5.81. The molecule has 1 unspecified atom stereocenters. The topological polar surface area (TPSA) is 47.5 Å². The van der Waals surface area contributed by atoms with E-state index >= 15 is 0 Å². The van der Waals surface area contributed by atoms with Gasteiger partial charge in [0.25, 0.3) is 0 Å². The molecule has 4 nitrogen and oxygen atoms in total. The van der Waals surface area contributed by atoms with Gasteiger partial charge in [0.1, 0.15) is 18.5 Å². The number of rotatable bonds is 4. The number of ether oxygens (including phenoxy) is 2. The molecule has 0 bridgehead atoms. The highest BCUT2D eigenvalue weighted by Crippen LogP contribution is 2.26. The lowest BCUT2D eigenvalue weighted by Crippen LogP contribution is -2.03. The summed E-state index contributed by atoms with van der Waals surface area (Å²) in [4.78, 5) is 1.05. The largest absolute Gasteiger partial charge is 0.491 e. The first-order chi connectivity index (χ1) is 7.92. The fraction of sp³-hybridized carbons (Fsp3) is 0.273. The van der Waals surface area contributed by atoms with Gasteiger partial charge < -0.3 is 9.47 Å². The molecule has 0 amide bonds. The highest BCUT2D eigenvalue weighted by Gasteiger charge is 2.23. The fourth-order valence-electron chi connectivity index (χ4n) is 1.39. The number of benzene rings is 1. The van der Waals surface area contributed by atoms with Crippen molar-refractivity contribution in [3.63, 3.8) is 0 Å². The molecular weight excluding hydrogens is 224 g/mol. The van der Waals surface area contributed by atoms with E-state index < -0.39 is 0 Å². The summed E-state index contributed by atoms with van der Waals surface area (Å²) >= 11 is 1.38. The second-order valence-electron chi connectivity index (χ2n) is 3.58. The third-order valence-electron chi connectivity index (χ3n) is 2.32. The van der Waals surface area contributed by atoms with Gasteiger partial charge in [-0.3, -0.25) is 0 Å². The van der Waals surface area contributed by atoms with E-state index in [1.54, 1.807) is 6.20 Å². The molecule has 1 saturated heterocycles. The summed E-state index contributed by atoms with van der Waals surface area (Å²) in [5.41, 5.74) is 1.09. The molecule has 16 heavy (non-hydrogen) atoms. The SMILES string of the molecule is c1cc(OCC2CO2)cc(-c2cnns2)c1. The van der Waals surface area contributed by atoms with Crippen molar-refractivity contribution in [1.82, 2.24) is 9.59 Å². The van der Waals surface area contributed by atoms with E-state index in [9.17, 15) is 0 Å². The Labute approximate surface area is 97.0 Å². The van der Waals surface area contributed by atoms with E-state index in [1.807, 2.05) is 24.3 Å². The van der Waals surface area contributed by atoms with Crippen LogP contribution in [0.15, 0.2) is 30.5 Å². The summed E-state index contributed by atoms with van der Waals surface area (Å²) in [6.07, 6.45) is 2.04. The van der Waals surface area contributed by atoms with Crippen LogP contribution < -0.4 is 4.74 Å². The average molecular weight is 234 g/mol. The van der Waals surface area contributed by atoms with Crippen LogP contribution in [-0.4, -0.2) is 28.9 Å². The fourth-order valence-corrected chi connectivity index (χ4v) is 1.90.